The second-order valence-electron chi connectivity index (χ2n) is 7.00. The summed E-state index contributed by atoms with van der Waals surface area (Å²) in [5, 5.41) is 9.54. The first-order valence-electron chi connectivity index (χ1n) is 9.77. The summed E-state index contributed by atoms with van der Waals surface area (Å²) < 4.78 is 11.6. The molecular weight excluding hydrogens is 424 g/mol. The number of carbonyl (C=O) groups is 2. The molecule has 1 saturated heterocycles. The van der Waals surface area contributed by atoms with Crippen molar-refractivity contribution < 1.29 is 18.7 Å². The first-order chi connectivity index (χ1) is 14.6. The highest BCUT2D eigenvalue weighted by atomic mass is 32.2. The van der Waals surface area contributed by atoms with E-state index in [0.29, 0.717) is 43.5 Å². The molecule has 8 nitrogen and oxygen atoms in total. The minimum Gasteiger partial charge on any atom is -0.469 e. The normalized spacial score (nSPS) is 14.9. The number of thioether (sulfide) groups is 1. The van der Waals surface area contributed by atoms with Gasteiger partial charge in [-0.1, -0.05) is 23.9 Å². The smallest absolute Gasteiger partial charge is 0.308 e. The largest absolute Gasteiger partial charge is 0.469 e. The van der Waals surface area contributed by atoms with E-state index in [4.69, 9.17) is 9.15 Å². The maximum atomic E-state index is 12.4. The summed E-state index contributed by atoms with van der Waals surface area (Å²) in [7, 11) is 1.40. The number of hydrogen-bond donors (Lipinski definition) is 0. The number of aromatic nitrogens is 3. The molecule has 2 aromatic heterocycles. The Morgan fingerprint density at radius 1 is 1.23 bits per heavy atom. The number of hydrogen-bond acceptors (Lipinski definition) is 9. The lowest BCUT2D eigenvalue weighted by Gasteiger charge is -2.30. The van der Waals surface area contributed by atoms with Gasteiger partial charge in [0.05, 0.1) is 34.0 Å². The third kappa shape index (κ3) is 4.99. The average molecular weight is 447 g/mol. The highest BCUT2D eigenvalue weighted by Gasteiger charge is 2.28. The molecule has 0 atom stereocenters. The average Bonchev–Trinajstić information content (AvgIpc) is 3.42. The van der Waals surface area contributed by atoms with Gasteiger partial charge in [0.1, 0.15) is 0 Å². The number of methoxy groups -OCH3 is 1. The molecule has 30 heavy (non-hydrogen) atoms. The number of esters is 1. The van der Waals surface area contributed by atoms with Crippen molar-refractivity contribution in [3.05, 3.63) is 35.2 Å². The lowest BCUT2D eigenvalue weighted by atomic mass is 9.97. The number of carbonyl (C=O) groups excluding carboxylic acids is 2. The fraction of sp³-hybridized carbons (Fsp3) is 0.450. The monoisotopic (exact) mass is 446 g/mol. The predicted molar refractivity (Wildman–Crippen MR) is 113 cm³/mol. The van der Waals surface area contributed by atoms with Crippen LogP contribution < -0.4 is 0 Å². The number of likely N-dealkylation sites (tertiary alicyclic amines) is 1. The van der Waals surface area contributed by atoms with E-state index in [1.165, 1.54) is 23.6 Å². The number of rotatable bonds is 7. The number of ether oxygens (including phenoxy) is 1. The van der Waals surface area contributed by atoms with E-state index in [9.17, 15) is 9.59 Å². The highest BCUT2D eigenvalue weighted by Crippen LogP contribution is 2.24. The van der Waals surface area contributed by atoms with Gasteiger partial charge in [-0.3, -0.25) is 9.59 Å². The number of piperidine rings is 1. The molecule has 0 saturated carbocycles. The Kier molecular flexibility index (Phi) is 6.63. The van der Waals surface area contributed by atoms with Crippen LogP contribution in [0.3, 0.4) is 0 Å². The maximum absolute atomic E-state index is 12.4. The van der Waals surface area contributed by atoms with E-state index in [-0.39, 0.29) is 23.5 Å². The lowest BCUT2D eigenvalue weighted by molar-refractivity contribution is -0.148. The van der Waals surface area contributed by atoms with Crippen LogP contribution in [0, 0.1) is 5.92 Å². The summed E-state index contributed by atoms with van der Waals surface area (Å²) >= 11 is 2.92. The van der Waals surface area contributed by atoms with E-state index in [1.807, 2.05) is 18.2 Å². The standard InChI is InChI=1S/C20H22N4O4S2/c1-27-19(26)13-8-10-24(11-9-13)18(25)12-29-20-23-22-16(28-20)6-7-17-21-14-4-2-3-5-15(14)30-17/h2-5,13H,6-12H2,1H3. The van der Waals surface area contributed by atoms with Crippen molar-refractivity contribution in [2.45, 2.75) is 30.9 Å². The van der Waals surface area contributed by atoms with Gasteiger partial charge in [-0.25, -0.2) is 4.98 Å². The molecule has 0 aliphatic carbocycles. The Bertz CT molecular complexity index is 994. The SMILES string of the molecule is COC(=O)C1CCN(C(=O)CSc2nnc(CCc3nc4ccccc4s3)o2)CC1. The minimum atomic E-state index is -0.194. The first kappa shape index (κ1) is 20.8. The molecule has 3 heterocycles. The van der Waals surface area contributed by atoms with Gasteiger partial charge in [0.15, 0.2) is 0 Å². The molecule has 0 spiro atoms. The van der Waals surface area contributed by atoms with Crippen molar-refractivity contribution in [2.24, 2.45) is 5.92 Å². The summed E-state index contributed by atoms with van der Waals surface area (Å²) in [5.74, 6) is 0.490. The van der Waals surface area contributed by atoms with Crippen LogP contribution in [0.25, 0.3) is 10.2 Å². The van der Waals surface area contributed by atoms with Crippen LogP contribution in [0.5, 0.6) is 0 Å². The number of benzene rings is 1. The van der Waals surface area contributed by atoms with E-state index in [2.05, 4.69) is 21.2 Å². The molecule has 0 N–H and O–H groups in total. The number of aryl methyl sites for hydroxylation is 2. The van der Waals surface area contributed by atoms with Crippen LogP contribution in [-0.4, -0.2) is 57.9 Å². The summed E-state index contributed by atoms with van der Waals surface area (Å²) in [6.07, 6.45) is 2.63. The number of thiazole rings is 1. The van der Waals surface area contributed by atoms with Crippen molar-refractivity contribution in [1.29, 1.82) is 0 Å². The number of nitrogens with zero attached hydrogens (tertiary/aromatic N) is 4. The second-order valence-corrected chi connectivity index (χ2v) is 9.05. The van der Waals surface area contributed by atoms with Gasteiger partial charge in [0, 0.05) is 25.9 Å². The lowest BCUT2D eigenvalue weighted by Crippen LogP contribution is -2.41. The molecular formula is C20H22N4O4S2. The van der Waals surface area contributed by atoms with Crippen molar-refractivity contribution in [3.8, 4) is 0 Å². The maximum Gasteiger partial charge on any atom is 0.308 e. The summed E-state index contributed by atoms with van der Waals surface area (Å²) in [6, 6.07) is 8.06. The topological polar surface area (TPSA) is 98.4 Å². The predicted octanol–water partition coefficient (Wildman–Crippen LogP) is 2.97. The summed E-state index contributed by atoms with van der Waals surface area (Å²) in [5.41, 5.74) is 1.01. The number of para-hydroxylation sites is 1. The highest BCUT2D eigenvalue weighted by molar-refractivity contribution is 7.99. The summed E-state index contributed by atoms with van der Waals surface area (Å²) in [4.78, 5) is 30.4. The Morgan fingerprint density at radius 3 is 2.80 bits per heavy atom. The van der Waals surface area contributed by atoms with Gasteiger partial charge >= 0.3 is 5.97 Å². The van der Waals surface area contributed by atoms with Crippen LogP contribution in [0.2, 0.25) is 0 Å². The van der Waals surface area contributed by atoms with Crippen LogP contribution >= 0.6 is 23.1 Å². The molecule has 10 heteroatoms. The van der Waals surface area contributed by atoms with Crippen LogP contribution in [0.1, 0.15) is 23.7 Å². The molecule has 0 bridgehead atoms. The summed E-state index contributed by atoms with van der Waals surface area (Å²) in [6.45, 7) is 1.13. The third-order valence-electron chi connectivity index (χ3n) is 5.04. The molecule has 1 aromatic carbocycles. The van der Waals surface area contributed by atoms with Gasteiger partial charge in [-0.05, 0) is 25.0 Å². The van der Waals surface area contributed by atoms with Crippen molar-refractivity contribution in [1.82, 2.24) is 20.1 Å². The van der Waals surface area contributed by atoms with Crippen LogP contribution in [0.15, 0.2) is 33.9 Å². The van der Waals surface area contributed by atoms with E-state index < -0.39 is 0 Å². The molecule has 0 radical (unpaired) electrons. The molecule has 1 aliphatic heterocycles. The zero-order valence-electron chi connectivity index (χ0n) is 16.6. The van der Waals surface area contributed by atoms with Crippen molar-refractivity contribution in [2.75, 3.05) is 26.0 Å². The van der Waals surface area contributed by atoms with Gasteiger partial charge < -0.3 is 14.1 Å². The van der Waals surface area contributed by atoms with Gasteiger partial charge in [-0.15, -0.1) is 21.5 Å². The second kappa shape index (κ2) is 9.57. The molecule has 4 rings (SSSR count). The molecule has 3 aromatic rings. The zero-order chi connectivity index (χ0) is 20.9. The molecule has 0 unspecified atom stereocenters. The first-order valence-corrected chi connectivity index (χ1v) is 11.6. The minimum absolute atomic E-state index is 0.0116. The molecule has 158 valence electrons. The van der Waals surface area contributed by atoms with Crippen molar-refractivity contribution >= 4 is 45.2 Å². The Balaban J connectivity index is 1.22. The Labute approximate surface area is 182 Å². The van der Waals surface area contributed by atoms with Crippen LogP contribution in [-0.2, 0) is 27.2 Å². The fourth-order valence-corrected chi connectivity index (χ4v) is 5.03. The van der Waals surface area contributed by atoms with Crippen LogP contribution in [0.4, 0.5) is 0 Å². The van der Waals surface area contributed by atoms with E-state index >= 15 is 0 Å². The fourth-order valence-electron chi connectivity index (χ4n) is 3.38. The number of amides is 1. The quantitative estimate of drug-likeness (QED) is 0.404. The van der Waals surface area contributed by atoms with E-state index in [0.717, 1.165) is 16.9 Å². The molecule has 1 fully saturated rings. The van der Waals surface area contributed by atoms with Gasteiger partial charge in [-0.2, -0.15) is 0 Å². The Hall–Kier alpha value is -2.46. The Morgan fingerprint density at radius 2 is 2.03 bits per heavy atom. The van der Waals surface area contributed by atoms with Gasteiger partial charge in [0.2, 0.25) is 11.8 Å². The molecule has 1 amide bonds. The zero-order valence-corrected chi connectivity index (χ0v) is 18.2. The van der Waals surface area contributed by atoms with Crippen molar-refractivity contribution in [3.63, 3.8) is 0 Å². The molecule has 1 aliphatic rings. The van der Waals surface area contributed by atoms with E-state index in [1.54, 1.807) is 16.2 Å². The third-order valence-corrected chi connectivity index (χ3v) is 6.94. The van der Waals surface area contributed by atoms with Gasteiger partial charge in [0.25, 0.3) is 5.22 Å². The number of fused-ring (bicyclic) bond motifs is 1.